The van der Waals surface area contributed by atoms with Gasteiger partial charge in [-0.2, -0.15) is 5.10 Å². The summed E-state index contributed by atoms with van der Waals surface area (Å²) in [6, 6.07) is 3.95. The molecule has 0 aromatic carbocycles. The fourth-order valence-electron chi connectivity index (χ4n) is 1.56. The van der Waals surface area contributed by atoms with Crippen LogP contribution >= 0.6 is 11.3 Å². The summed E-state index contributed by atoms with van der Waals surface area (Å²) in [7, 11) is 0. The van der Waals surface area contributed by atoms with E-state index in [9.17, 15) is 4.79 Å². The number of thiophene rings is 1. The summed E-state index contributed by atoms with van der Waals surface area (Å²) in [5.74, 6) is -0.0461. The zero-order valence-corrected chi connectivity index (χ0v) is 10.7. The largest absolute Gasteiger partial charge is 0.351 e. The average molecular weight is 249 g/mol. The maximum Gasteiger partial charge on any atom is 0.228 e. The van der Waals surface area contributed by atoms with Crippen LogP contribution in [0.1, 0.15) is 29.0 Å². The molecule has 1 amide bonds. The van der Waals surface area contributed by atoms with Crippen LogP contribution in [-0.2, 0) is 11.3 Å². The van der Waals surface area contributed by atoms with Gasteiger partial charge in [-0.05, 0) is 25.3 Å². The van der Waals surface area contributed by atoms with Crippen LogP contribution in [0.25, 0.3) is 0 Å². The first-order chi connectivity index (χ1) is 8.18. The molecule has 0 aliphatic rings. The van der Waals surface area contributed by atoms with Gasteiger partial charge in [-0.25, -0.2) is 0 Å². The van der Waals surface area contributed by atoms with E-state index in [2.05, 4.69) is 15.5 Å². The molecule has 0 fully saturated rings. The molecule has 0 bridgehead atoms. The Morgan fingerprint density at radius 2 is 2.47 bits per heavy atom. The number of nitrogens with zero attached hydrogens (tertiary/aromatic N) is 1. The third-order valence-electron chi connectivity index (χ3n) is 2.75. The minimum atomic E-state index is -0.0952. The Labute approximate surface area is 104 Å². The molecule has 0 aliphatic carbocycles. The molecular weight excluding hydrogens is 234 g/mol. The van der Waals surface area contributed by atoms with Gasteiger partial charge < -0.3 is 5.32 Å². The van der Waals surface area contributed by atoms with E-state index in [4.69, 9.17) is 0 Å². The first-order valence-electron chi connectivity index (χ1n) is 5.48. The quantitative estimate of drug-likeness (QED) is 0.872. The lowest BCUT2D eigenvalue weighted by Gasteiger charge is -2.10. The summed E-state index contributed by atoms with van der Waals surface area (Å²) in [5.41, 5.74) is 2.02. The highest BCUT2D eigenvalue weighted by molar-refractivity contribution is 7.10. The van der Waals surface area contributed by atoms with E-state index in [-0.39, 0.29) is 11.8 Å². The van der Waals surface area contributed by atoms with E-state index in [1.165, 1.54) is 0 Å². The van der Waals surface area contributed by atoms with Crippen molar-refractivity contribution in [3.8, 4) is 0 Å². The van der Waals surface area contributed by atoms with E-state index in [0.29, 0.717) is 6.54 Å². The molecule has 2 aromatic heterocycles. The van der Waals surface area contributed by atoms with Crippen molar-refractivity contribution < 1.29 is 4.79 Å². The normalized spacial score (nSPS) is 12.4. The Morgan fingerprint density at radius 1 is 1.65 bits per heavy atom. The summed E-state index contributed by atoms with van der Waals surface area (Å²) in [6.45, 7) is 4.39. The number of aryl methyl sites for hydroxylation is 1. The molecule has 90 valence electrons. The molecule has 2 N–H and O–H groups in total. The molecule has 17 heavy (non-hydrogen) atoms. The third-order valence-corrected chi connectivity index (χ3v) is 3.81. The Balaban J connectivity index is 1.92. The monoisotopic (exact) mass is 249 g/mol. The zero-order valence-electron chi connectivity index (χ0n) is 9.86. The molecule has 2 heterocycles. The van der Waals surface area contributed by atoms with Crippen LogP contribution in [0.2, 0.25) is 0 Å². The number of amides is 1. The van der Waals surface area contributed by atoms with Gasteiger partial charge >= 0.3 is 0 Å². The molecule has 0 radical (unpaired) electrons. The number of carbonyl (C=O) groups is 1. The summed E-state index contributed by atoms with van der Waals surface area (Å²) in [4.78, 5) is 13.0. The molecule has 1 atom stereocenters. The third kappa shape index (κ3) is 2.74. The Bertz CT molecular complexity index is 490. The van der Waals surface area contributed by atoms with E-state index in [1.807, 2.05) is 31.4 Å². The van der Waals surface area contributed by atoms with E-state index in [0.717, 1.165) is 16.1 Å². The van der Waals surface area contributed by atoms with Gasteiger partial charge in [0.25, 0.3) is 0 Å². The second-order valence-electron chi connectivity index (χ2n) is 3.98. The maximum absolute atomic E-state index is 11.9. The molecule has 0 aliphatic heterocycles. The van der Waals surface area contributed by atoms with Gasteiger partial charge in [-0.15, -0.1) is 11.3 Å². The number of hydrogen-bond acceptors (Lipinski definition) is 3. The lowest BCUT2D eigenvalue weighted by Crippen LogP contribution is -2.27. The first-order valence-corrected chi connectivity index (χ1v) is 6.36. The van der Waals surface area contributed by atoms with Crippen molar-refractivity contribution in [1.29, 1.82) is 0 Å². The van der Waals surface area contributed by atoms with Crippen LogP contribution in [0.3, 0.4) is 0 Å². The molecular formula is C12H15N3OS. The number of nitrogens with one attached hydrogen (secondary N) is 2. The first kappa shape index (κ1) is 11.9. The molecule has 0 saturated carbocycles. The Kier molecular flexibility index (Phi) is 3.58. The highest BCUT2D eigenvalue weighted by Gasteiger charge is 2.15. The summed E-state index contributed by atoms with van der Waals surface area (Å²) in [6.07, 6.45) is 1.74. The Hall–Kier alpha value is -1.62. The van der Waals surface area contributed by atoms with Crippen molar-refractivity contribution in [3.05, 3.63) is 39.8 Å². The second-order valence-corrected chi connectivity index (χ2v) is 4.95. The molecule has 1 unspecified atom stereocenters. The van der Waals surface area contributed by atoms with Crippen LogP contribution in [0.4, 0.5) is 0 Å². The van der Waals surface area contributed by atoms with Crippen LogP contribution in [-0.4, -0.2) is 16.1 Å². The number of rotatable bonds is 4. The van der Waals surface area contributed by atoms with Crippen molar-refractivity contribution >= 4 is 17.2 Å². The number of aromatic nitrogens is 2. The standard InChI is InChI=1S/C12H15N3OS/c1-8(11-4-3-5-17-11)12(16)13-6-10-7-14-15-9(10)2/h3-5,7-8H,6H2,1-2H3,(H,13,16)(H,14,15). The van der Waals surface area contributed by atoms with Gasteiger partial charge in [0.05, 0.1) is 12.1 Å². The minimum Gasteiger partial charge on any atom is -0.351 e. The highest BCUT2D eigenvalue weighted by atomic mass is 32.1. The van der Waals surface area contributed by atoms with Crippen LogP contribution in [0.15, 0.2) is 23.7 Å². The number of H-pyrrole nitrogens is 1. The maximum atomic E-state index is 11.9. The molecule has 0 saturated heterocycles. The number of carbonyl (C=O) groups excluding carboxylic acids is 1. The lowest BCUT2D eigenvalue weighted by molar-refractivity contribution is -0.122. The van der Waals surface area contributed by atoms with Gasteiger partial charge in [0.15, 0.2) is 0 Å². The average Bonchev–Trinajstić information content (AvgIpc) is 2.96. The van der Waals surface area contributed by atoms with Crippen LogP contribution in [0, 0.1) is 6.92 Å². The Morgan fingerprint density at radius 3 is 3.06 bits per heavy atom. The predicted octanol–water partition coefficient (Wildman–Crippen LogP) is 2.20. The van der Waals surface area contributed by atoms with Crippen molar-refractivity contribution in [2.24, 2.45) is 0 Å². The molecule has 2 aromatic rings. The molecule has 4 nitrogen and oxygen atoms in total. The molecule has 5 heteroatoms. The van der Waals surface area contributed by atoms with Crippen molar-refractivity contribution in [2.45, 2.75) is 26.3 Å². The van der Waals surface area contributed by atoms with Gasteiger partial charge in [0.1, 0.15) is 0 Å². The second kappa shape index (κ2) is 5.14. The summed E-state index contributed by atoms with van der Waals surface area (Å²) >= 11 is 1.61. The predicted molar refractivity (Wildman–Crippen MR) is 67.9 cm³/mol. The van der Waals surface area contributed by atoms with Crippen LogP contribution < -0.4 is 5.32 Å². The summed E-state index contributed by atoms with van der Waals surface area (Å²) in [5, 5.41) is 11.7. The lowest BCUT2D eigenvalue weighted by atomic mass is 10.1. The fourth-order valence-corrected chi connectivity index (χ4v) is 2.34. The topological polar surface area (TPSA) is 57.8 Å². The fraction of sp³-hybridized carbons (Fsp3) is 0.333. The van der Waals surface area contributed by atoms with E-state index < -0.39 is 0 Å². The highest BCUT2D eigenvalue weighted by Crippen LogP contribution is 2.20. The van der Waals surface area contributed by atoms with E-state index >= 15 is 0 Å². The molecule has 2 rings (SSSR count). The van der Waals surface area contributed by atoms with Gasteiger partial charge in [-0.1, -0.05) is 6.07 Å². The minimum absolute atomic E-state index is 0.0491. The zero-order chi connectivity index (χ0) is 12.3. The van der Waals surface area contributed by atoms with Gasteiger partial charge in [0, 0.05) is 22.7 Å². The van der Waals surface area contributed by atoms with Crippen molar-refractivity contribution in [1.82, 2.24) is 15.5 Å². The van der Waals surface area contributed by atoms with E-state index in [1.54, 1.807) is 17.5 Å². The van der Waals surface area contributed by atoms with Crippen molar-refractivity contribution in [2.75, 3.05) is 0 Å². The number of hydrogen-bond donors (Lipinski definition) is 2. The smallest absolute Gasteiger partial charge is 0.228 e. The SMILES string of the molecule is Cc1[nH]ncc1CNC(=O)C(C)c1cccs1. The molecule has 0 spiro atoms. The van der Waals surface area contributed by atoms with Gasteiger partial charge in [-0.3, -0.25) is 9.89 Å². The van der Waals surface area contributed by atoms with Crippen LogP contribution in [0.5, 0.6) is 0 Å². The van der Waals surface area contributed by atoms with Gasteiger partial charge in [0.2, 0.25) is 5.91 Å². The summed E-state index contributed by atoms with van der Waals surface area (Å²) < 4.78 is 0. The van der Waals surface area contributed by atoms with Crippen molar-refractivity contribution in [3.63, 3.8) is 0 Å². The number of aromatic amines is 1.